The summed E-state index contributed by atoms with van der Waals surface area (Å²) in [5, 5.41) is 3.51. The van der Waals surface area contributed by atoms with Crippen molar-refractivity contribution in [3.63, 3.8) is 0 Å². The topological polar surface area (TPSA) is 30.5 Å². The van der Waals surface area contributed by atoms with E-state index in [9.17, 15) is 0 Å². The third kappa shape index (κ3) is 5.83. The SMILES string of the molecule is CCC(CNC1CC1)OCCC(C)(C)OC. The van der Waals surface area contributed by atoms with Crippen molar-refractivity contribution in [2.45, 2.75) is 64.2 Å². The molecule has 1 rings (SSSR count). The lowest BCUT2D eigenvalue weighted by Gasteiger charge is -2.24. The minimum Gasteiger partial charge on any atom is -0.379 e. The molecular weight excluding hydrogens is 202 g/mol. The maximum Gasteiger partial charge on any atom is 0.0696 e. The maximum atomic E-state index is 5.86. The summed E-state index contributed by atoms with van der Waals surface area (Å²) in [7, 11) is 1.76. The largest absolute Gasteiger partial charge is 0.379 e. The van der Waals surface area contributed by atoms with Crippen LogP contribution in [0.1, 0.15) is 46.5 Å². The van der Waals surface area contributed by atoms with Gasteiger partial charge in [0.15, 0.2) is 0 Å². The molecule has 0 radical (unpaired) electrons. The van der Waals surface area contributed by atoms with Gasteiger partial charge in [-0.25, -0.2) is 0 Å². The highest BCUT2D eigenvalue weighted by molar-refractivity contribution is 4.81. The number of hydrogen-bond donors (Lipinski definition) is 1. The van der Waals surface area contributed by atoms with Crippen molar-refractivity contribution in [1.29, 1.82) is 0 Å². The molecule has 16 heavy (non-hydrogen) atoms. The quantitative estimate of drug-likeness (QED) is 0.658. The Balaban J connectivity index is 2.07. The van der Waals surface area contributed by atoms with E-state index < -0.39 is 0 Å². The van der Waals surface area contributed by atoms with Crippen LogP contribution in [0, 0.1) is 0 Å². The normalized spacial score (nSPS) is 18.8. The smallest absolute Gasteiger partial charge is 0.0696 e. The van der Waals surface area contributed by atoms with Crippen LogP contribution in [-0.4, -0.2) is 38.0 Å². The zero-order chi connectivity index (χ0) is 12.0. The van der Waals surface area contributed by atoms with E-state index in [0.717, 1.165) is 32.0 Å². The second-order valence-electron chi connectivity index (χ2n) is 5.30. The molecule has 0 amide bonds. The Morgan fingerprint density at radius 3 is 2.56 bits per heavy atom. The van der Waals surface area contributed by atoms with Crippen molar-refractivity contribution in [2.24, 2.45) is 0 Å². The van der Waals surface area contributed by atoms with Gasteiger partial charge in [0, 0.05) is 26.3 Å². The van der Waals surface area contributed by atoms with Gasteiger partial charge in [0.2, 0.25) is 0 Å². The zero-order valence-electron chi connectivity index (χ0n) is 11.2. The van der Waals surface area contributed by atoms with Crippen molar-refractivity contribution >= 4 is 0 Å². The molecule has 1 N–H and O–H groups in total. The second-order valence-corrected chi connectivity index (χ2v) is 5.30. The van der Waals surface area contributed by atoms with Crippen molar-refractivity contribution in [3.8, 4) is 0 Å². The molecule has 0 bridgehead atoms. The van der Waals surface area contributed by atoms with Crippen LogP contribution >= 0.6 is 0 Å². The van der Waals surface area contributed by atoms with Gasteiger partial charge in [-0.05, 0) is 39.5 Å². The fourth-order valence-corrected chi connectivity index (χ4v) is 1.48. The summed E-state index contributed by atoms with van der Waals surface area (Å²) in [6.07, 6.45) is 5.06. The lowest BCUT2D eigenvalue weighted by molar-refractivity contribution is -0.0271. The van der Waals surface area contributed by atoms with E-state index in [4.69, 9.17) is 9.47 Å². The highest BCUT2D eigenvalue weighted by Crippen LogP contribution is 2.19. The number of methoxy groups -OCH3 is 1. The Morgan fingerprint density at radius 1 is 1.38 bits per heavy atom. The number of nitrogens with one attached hydrogen (secondary N) is 1. The standard InChI is InChI=1S/C13H27NO2/c1-5-12(10-14-11-6-7-11)16-9-8-13(2,3)15-4/h11-12,14H,5-10H2,1-4H3. The average Bonchev–Trinajstić information content (AvgIpc) is 3.07. The highest BCUT2D eigenvalue weighted by atomic mass is 16.5. The third-order valence-corrected chi connectivity index (χ3v) is 3.28. The second kappa shape index (κ2) is 6.58. The van der Waals surface area contributed by atoms with Gasteiger partial charge < -0.3 is 14.8 Å². The minimum atomic E-state index is -0.0672. The predicted octanol–water partition coefficient (Wildman–Crippen LogP) is 2.35. The van der Waals surface area contributed by atoms with E-state index in [0.29, 0.717) is 6.10 Å². The number of ether oxygens (including phenoxy) is 2. The van der Waals surface area contributed by atoms with Gasteiger partial charge >= 0.3 is 0 Å². The molecule has 0 aromatic carbocycles. The van der Waals surface area contributed by atoms with Crippen molar-refractivity contribution < 1.29 is 9.47 Å². The van der Waals surface area contributed by atoms with Gasteiger partial charge in [0.25, 0.3) is 0 Å². The molecule has 0 aromatic rings. The van der Waals surface area contributed by atoms with Crippen LogP contribution in [0.3, 0.4) is 0 Å². The molecule has 0 heterocycles. The molecule has 3 heteroatoms. The molecule has 0 spiro atoms. The predicted molar refractivity (Wildman–Crippen MR) is 66.8 cm³/mol. The monoisotopic (exact) mass is 229 g/mol. The van der Waals surface area contributed by atoms with Gasteiger partial charge in [-0.1, -0.05) is 6.92 Å². The molecule has 1 aliphatic carbocycles. The summed E-state index contributed by atoms with van der Waals surface area (Å²) < 4.78 is 11.2. The highest BCUT2D eigenvalue weighted by Gasteiger charge is 2.22. The van der Waals surface area contributed by atoms with E-state index in [-0.39, 0.29) is 5.60 Å². The van der Waals surface area contributed by atoms with Crippen molar-refractivity contribution in [1.82, 2.24) is 5.32 Å². The van der Waals surface area contributed by atoms with E-state index in [1.165, 1.54) is 12.8 Å². The molecule has 1 aliphatic rings. The van der Waals surface area contributed by atoms with Crippen LogP contribution in [-0.2, 0) is 9.47 Å². The molecule has 0 aromatic heterocycles. The van der Waals surface area contributed by atoms with Crippen LogP contribution < -0.4 is 5.32 Å². The Bertz CT molecular complexity index is 190. The summed E-state index contributed by atoms with van der Waals surface area (Å²) in [6, 6.07) is 0.771. The average molecular weight is 229 g/mol. The molecule has 1 unspecified atom stereocenters. The maximum absolute atomic E-state index is 5.86. The molecule has 1 fully saturated rings. The summed E-state index contributed by atoms with van der Waals surface area (Å²) in [5.41, 5.74) is -0.0672. The summed E-state index contributed by atoms with van der Waals surface area (Å²) >= 11 is 0. The van der Waals surface area contributed by atoms with Gasteiger partial charge in [-0.2, -0.15) is 0 Å². The van der Waals surface area contributed by atoms with Crippen molar-refractivity contribution in [3.05, 3.63) is 0 Å². The fourth-order valence-electron chi connectivity index (χ4n) is 1.48. The molecule has 96 valence electrons. The first-order chi connectivity index (χ1) is 7.57. The van der Waals surface area contributed by atoms with E-state index >= 15 is 0 Å². The first-order valence-electron chi connectivity index (χ1n) is 6.47. The first-order valence-corrected chi connectivity index (χ1v) is 6.47. The van der Waals surface area contributed by atoms with Crippen LogP contribution in [0.5, 0.6) is 0 Å². The summed E-state index contributed by atoms with van der Waals surface area (Å²) in [5.74, 6) is 0. The lowest BCUT2D eigenvalue weighted by Crippen LogP contribution is -2.32. The van der Waals surface area contributed by atoms with Gasteiger partial charge in [-0.15, -0.1) is 0 Å². The Morgan fingerprint density at radius 2 is 2.06 bits per heavy atom. The summed E-state index contributed by atoms with van der Waals surface area (Å²) in [6.45, 7) is 8.15. The van der Waals surface area contributed by atoms with Crippen LogP contribution in [0.15, 0.2) is 0 Å². The van der Waals surface area contributed by atoms with Crippen molar-refractivity contribution in [2.75, 3.05) is 20.3 Å². The number of hydrogen-bond acceptors (Lipinski definition) is 3. The van der Waals surface area contributed by atoms with Gasteiger partial charge in [0.05, 0.1) is 11.7 Å². The van der Waals surface area contributed by atoms with Crippen LogP contribution in [0.25, 0.3) is 0 Å². The Hall–Kier alpha value is -0.120. The fraction of sp³-hybridized carbons (Fsp3) is 1.00. The summed E-state index contributed by atoms with van der Waals surface area (Å²) in [4.78, 5) is 0. The molecule has 1 atom stereocenters. The van der Waals surface area contributed by atoms with Gasteiger partial charge in [0.1, 0.15) is 0 Å². The molecule has 1 saturated carbocycles. The van der Waals surface area contributed by atoms with E-state index in [2.05, 4.69) is 26.1 Å². The molecular formula is C13H27NO2. The van der Waals surface area contributed by atoms with Crippen LogP contribution in [0.4, 0.5) is 0 Å². The number of rotatable bonds is 9. The Kier molecular flexibility index (Phi) is 5.73. The first kappa shape index (κ1) is 13.9. The third-order valence-electron chi connectivity index (χ3n) is 3.28. The lowest BCUT2D eigenvalue weighted by atomic mass is 10.1. The molecule has 0 saturated heterocycles. The van der Waals surface area contributed by atoms with E-state index in [1.807, 2.05) is 0 Å². The molecule has 0 aliphatic heterocycles. The van der Waals surface area contributed by atoms with E-state index in [1.54, 1.807) is 7.11 Å². The Labute approximate surface area is 99.9 Å². The molecule has 3 nitrogen and oxygen atoms in total. The van der Waals surface area contributed by atoms with Gasteiger partial charge in [-0.3, -0.25) is 0 Å². The van der Waals surface area contributed by atoms with Crippen LogP contribution in [0.2, 0.25) is 0 Å². The zero-order valence-corrected chi connectivity index (χ0v) is 11.2. The minimum absolute atomic E-state index is 0.0672.